The van der Waals surface area contributed by atoms with E-state index in [9.17, 15) is 9.36 Å². The third-order valence-corrected chi connectivity index (χ3v) is 5.42. The van der Waals surface area contributed by atoms with Crippen LogP contribution in [-0.4, -0.2) is 39.1 Å². The van der Waals surface area contributed by atoms with Crippen LogP contribution in [0.1, 0.15) is 6.92 Å². The van der Waals surface area contributed by atoms with E-state index < -0.39 is 6.80 Å². The zero-order chi connectivity index (χ0) is 12.1. The lowest BCUT2D eigenvalue weighted by atomic mass is 10.5. The highest BCUT2D eigenvalue weighted by Crippen LogP contribution is 2.62. The van der Waals surface area contributed by atoms with E-state index in [-0.39, 0.29) is 5.91 Å². The maximum Gasteiger partial charge on any atom is 0.393 e. The van der Waals surface area contributed by atoms with Gasteiger partial charge in [0.25, 0.3) is 5.91 Å². The lowest BCUT2D eigenvalue weighted by Crippen LogP contribution is -2.22. The summed E-state index contributed by atoms with van der Waals surface area (Å²) in [6, 6.07) is 0. The first-order valence-electron chi connectivity index (χ1n) is 4.19. The van der Waals surface area contributed by atoms with Crippen molar-refractivity contribution in [3.63, 3.8) is 0 Å². The van der Waals surface area contributed by atoms with E-state index in [1.165, 1.54) is 19.1 Å². The van der Waals surface area contributed by atoms with Gasteiger partial charge in [-0.15, -0.1) is 0 Å². The third kappa shape index (κ3) is 4.38. The van der Waals surface area contributed by atoms with E-state index in [2.05, 4.69) is 0 Å². The summed E-state index contributed by atoms with van der Waals surface area (Å²) < 4.78 is 21.2. The normalized spacial score (nSPS) is 12.7. The standard InChI is InChI=1S/C8H16NO4PS/c1-6-7(8(10)9(2)3)15-14(11,12-4)13-5/h6H,1-5H3/b7-6+. The molecule has 0 fully saturated rings. The van der Waals surface area contributed by atoms with Crippen molar-refractivity contribution in [2.24, 2.45) is 0 Å². The average Bonchev–Trinajstić information content (AvgIpc) is 2.24. The van der Waals surface area contributed by atoms with Crippen LogP contribution in [0.3, 0.4) is 0 Å². The molecule has 0 aliphatic rings. The Hall–Kier alpha value is -0.290. The molecule has 1 amide bonds. The highest BCUT2D eigenvalue weighted by molar-refractivity contribution is 8.57. The van der Waals surface area contributed by atoms with Crippen LogP contribution in [-0.2, 0) is 18.4 Å². The molecule has 0 saturated carbocycles. The highest BCUT2D eigenvalue weighted by atomic mass is 32.7. The molecule has 0 aromatic rings. The van der Waals surface area contributed by atoms with Gasteiger partial charge in [-0.3, -0.25) is 4.79 Å². The number of rotatable bonds is 5. The smallest absolute Gasteiger partial charge is 0.344 e. The van der Waals surface area contributed by atoms with E-state index in [1.54, 1.807) is 27.1 Å². The van der Waals surface area contributed by atoms with Crippen molar-refractivity contribution in [1.82, 2.24) is 4.90 Å². The molecular formula is C8H16NO4PS. The minimum absolute atomic E-state index is 0.225. The molecule has 88 valence electrons. The summed E-state index contributed by atoms with van der Waals surface area (Å²) in [5, 5.41) is 0. The minimum Gasteiger partial charge on any atom is -0.344 e. The first-order chi connectivity index (χ1) is 6.90. The van der Waals surface area contributed by atoms with Gasteiger partial charge in [0.05, 0.1) is 4.91 Å². The van der Waals surface area contributed by atoms with E-state index in [4.69, 9.17) is 9.05 Å². The molecule has 0 rings (SSSR count). The van der Waals surface area contributed by atoms with Crippen LogP contribution in [0.4, 0.5) is 0 Å². The number of carbonyl (C=O) groups is 1. The fourth-order valence-corrected chi connectivity index (χ4v) is 3.33. The predicted molar refractivity (Wildman–Crippen MR) is 61.7 cm³/mol. The third-order valence-electron chi connectivity index (χ3n) is 1.54. The largest absolute Gasteiger partial charge is 0.393 e. The van der Waals surface area contributed by atoms with Crippen LogP contribution < -0.4 is 0 Å². The molecule has 7 heteroatoms. The first kappa shape index (κ1) is 14.7. The summed E-state index contributed by atoms with van der Waals surface area (Å²) in [6.07, 6.45) is 1.58. The van der Waals surface area contributed by atoms with Crippen LogP contribution in [0.15, 0.2) is 11.0 Å². The Morgan fingerprint density at radius 3 is 2.07 bits per heavy atom. The molecular weight excluding hydrogens is 237 g/mol. The first-order valence-corrected chi connectivity index (χ1v) is 7.15. The average molecular weight is 253 g/mol. The topological polar surface area (TPSA) is 55.8 Å². The Bertz CT molecular complexity index is 295. The van der Waals surface area contributed by atoms with Gasteiger partial charge in [-0.05, 0) is 6.92 Å². The Balaban J connectivity index is 4.76. The summed E-state index contributed by atoms with van der Waals surface area (Å²) in [4.78, 5) is 13.3. The van der Waals surface area contributed by atoms with Crippen LogP contribution in [0, 0.1) is 0 Å². The Morgan fingerprint density at radius 2 is 1.80 bits per heavy atom. The van der Waals surface area contributed by atoms with Crippen LogP contribution >= 0.6 is 18.2 Å². The number of amides is 1. The molecule has 15 heavy (non-hydrogen) atoms. The van der Waals surface area contributed by atoms with Crippen molar-refractivity contribution in [2.45, 2.75) is 6.92 Å². The number of carbonyl (C=O) groups excluding carboxylic acids is 1. The van der Waals surface area contributed by atoms with Crippen molar-refractivity contribution in [2.75, 3.05) is 28.3 Å². The summed E-state index contributed by atoms with van der Waals surface area (Å²) in [5.74, 6) is -0.225. The Kier molecular flexibility index (Phi) is 6.20. The summed E-state index contributed by atoms with van der Waals surface area (Å²) in [7, 11) is 5.81. The lowest BCUT2D eigenvalue weighted by Gasteiger charge is -2.16. The zero-order valence-electron chi connectivity index (χ0n) is 9.51. The number of hydrogen-bond acceptors (Lipinski definition) is 5. The second-order valence-electron chi connectivity index (χ2n) is 2.76. The van der Waals surface area contributed by atoms with Gasteiger partial charge < -0.3 is 13.9 Å². The quantitative estimate of drug-likeness (QED) is 0.555. The molecule has 0 spiro atoms. The van der Waals surface area contributed by atoms with Crippen molar-refractivity contribution in [1.29, 1.82) is 0 Å². The summed E-state index contributed by atoms with van der Waals surface area (Å²) >= 11 is 0.810. The monoisotopic (exact) mass is 253 g/mol. The van der Waals surface area contributed by atoms with Crippen molar-refractivity contribution in [3.8, 4) is 0 Å². The fraction of sp³-hybridized carbons (Fsp3) is 0.625. The predicted octanol–water partition coefficient (Wildman–Crippen LogP) is 2.11. The van der Waals surface area contributed by atoms with E-state index in [0.717, 1.165) is 11.4 Å². The number of hydrogen-bond donors (Lipinski definition) is 0. The van der Waals surface area contributed by atoms with Gasteiger partial charge in [0.2, 0.25) is 0 Å². The number of nitrogens with zero attached hydrogens (tertiary/aromatic N) is 1. The maximum absolute atomic E-state index is 11.8. The second kappa shape index (κ2) is 6.33. The van der Waals surface area contributed by atoms with Gasteiger partial charge in [-0.25, -0.2) is 4.57 Å². The van der Waals surface area contributed by atoms with Gasteiger partial charge in [0.15, 0.2) is 0 Å². The van der Waals surface area contributed by atoms with E-state index in [1.807, 2.05) is 0 Å². The highest BCUT2D eigenvalue weighted by Gasteiger charge is 2.27. The maximum atomic E-state index is 11.8. The van der Waals surface area contributed by atoms with E-state index in [0.29, 0.717) is 4.91 Å². The molecule has 0 heterocycles. The molecule has 0 aromatic carbocycles. The molecule has 0 N–H and O–H groups in total. The molecule has 0 bridgehead atoms. The number of allylic oxidation sites excluding steroid dienone is 1. The van der Waals surface area contributed by atoms with Crippen LogP contribution in [0.2, 0.25) is 0 Å². The van der Waals surface area contributed by atoms with Crippen molar-refractivity contribution >= 4 is 24.1 Å². The molecule has 0 radical (unpaired) electrons. The molecule has 0 aromatic heterocycles. The van der Waals surface area contributed by atoms with Crippen LogP contribution in [0.5, 0.6) is 0 Å². The molecule has 5 nitrogen and oxygen atoms in total. The summed E-state index contributed by atoms with van der Waals surface area (Å²) in [5.41, 5.74) is 0. The zero-order valence-corrected chi connectivity index (χ0v) is 11.2. The van der Waals surface area contributed by atoms with Crippen LogP contribution in [0.25, 0.3) is 0 Å². The van der Waals surface area contributed by atoms with Crippen molar-refractivity contribution in [3.05, 3.63) is 11.0 Å². The Morgan fingerprint density at radius 1 is 1.33 bits per heavy atom. The minimum atomic E-state index is -3.25. The van der Waals surface area contributed by atoms with Gasteiger partial charge in [-0.1, -0.05) is 6.08 Å². The van der Waals surface area contributed by atoms with Gasteiger partial charge >= 0.3 is 6.80 Å². The molecule has 0 aliphatic heterocycles. The van der Waals surface area contributed by atoms with Gasteiger partial charge in [0, 0.05) is 39.7 Å². The fourth-order valence-electron chi connectivity index (χ4n) is 0.705. The molecule has 0 atom stereocenters. The van der Waals surface area contributed by atoms with E-state index >= 15 is 0 Å². The molecule has 0 saturated heterocycles. The molecule has 0 aliphatic carbocycles. The second-order valence-corrected chi connectivity index (χ2v) is 6.89. The van der Waals surface area contributed by atoms with Crippen molar-refractivity contribution < 1.29 is 18.4 Å². The van der Waals surface area contributed by atoms with Gasteiger partial charge in [0.1, 0.15) is 0 Å². The lowest BCUT2D eigenvalue weighted by molar-refractivity contribution is -0.123. The Labute approximate surface area is 94.1 Å². The number of likely N-dealkylation sites (N-methyl/N-ethyl adjacent to an activating group) is 1. The SMILES string of the molecule is C/C=C(/SP(=O)(OC)OC)C(=O)N(C)C. The molecule has 0 unspecified atom stereocenters. The summed E-state index contributed by atoms with van der Waals surface area (Å²) in [6.45, 7) is -1.55. The van der Waals surface area contributed by atoms with Gasteiger partial charge in [-0.2, -0.15) is 0 Å².